The molecular weight excluding hydrogens is 349 g/mol. The van der Waals surface area contributed by atoms with Crippen LogP contribution in [-0.4, -0.2) is 33.4 Å². The number of rotatable bonds is 7. The van der Waals surface area contributed by atoms with Crippen LogP contribution in [-0.2, 0) is 11.3 Å². The lowest BCUT2D eigenvalue weighted by molar-refractivity contribution is -0.129. The van der Waals surface area contributed by atoms with Crippen molar-refractivity contribution in [3.8, 4) is 5.69 Å². The third-order valence-corrected chi connectivity index (χ3v) is 4.96. The average Bonchev–Trinajstić information content (AvgIpc) is 3.12. The number of thioether (sulfide) groups is 1. The van der Waals surface area contributed by atoms with Gasteiger partial charge in [0.2, 0.25) is 5.91 Å². The van der Waals surface area contributed by atoms with Crippen LogP contribution in [0.25, 0.3) is 5.69 Å². The molecule has 1 aromatic heterocycles. The van der Waals surface area contributed by atoms with Gasteiger partial charge in [-0.3, -0.25) is 4.79 Å². The van der Waals surface area contributed by atoms with Crippen LogP contribution in [0.2, 0.25) is 0 Å². The van der Waals surface area contributed by atoms with Crippen LogP contribution >= 0.6 is 11.8 Å². The summed E-state index contributed by atoms with van der Waals surface area (Å²) in [5.74, 6) is 0.334. The van der Waals surface area contributed by atoms with E-state index in [1.807, 2.05) is 36.5 Å². The van der Waals surface area contributed by atoms with Gasteiger partial charge in [0.15, 0.2) is 0 Å². The molecule has 6 heteroatoms. The lowest BCUT2D eigenvalue weighted by atomic mass is 10.3. The number of carbonyl (C=O) groups excluding carboxylic acids is 1. The maximum atomic E-state index is 13.6. The third-order valence-electron chi connectivity index (χ3n) is 3.91. The van der Waals surface area contributed by atoms with Crippen molar-refractivity contribution in [2.75, 3.05) is 12.8 Å². The predicted molar refractivity (Wildman–Crippen MR) is 102 cm³/mol. The van der Waals surface area contributed by atoms with E-state index in [9.17, 15) is 9.18 Å². The number of hydrogen-bond donors (Lipinski definition) is 0. The second-order valence-electron chi connectivity index (χ2n) is 5.91. The molecule has 26 heavy (non-hydrogen) atoms. The summed E-state index contributed by atoms with van der Waals surface area (Å²) in [6, 6.07) is 16.4. The van der Waals surface area contributed by atoms with Crippen molar-refractivity contribution in [3.63, 3.8) is 0 Å². The van der Waals surface area contributed by atoms with E-state index in [4.69, 9.17) is 0 Å². The second-order valence-corrected chi connectivity index (χ2v) is 7.04. The number of nitrogens with zero attached hydrogens (tertiary/aromatic N) is 3. The molecule has 0 fully saturated rings. The number of aromatic nitrogens is 2. The lowest BCUT2D eigenvalue weighted by Gasteiger charge is -2.16. The summed E-state index contributed by atoms with van der Waals surface area (Å²) in [7, 11) is 1.77. The first-order valence-corrected chi connectivity index (χ1v) is 9.32. The van der Waals surface area contributed by atoms with Gasteiger partial charge in [0, 0.05) is 42.4 Å². The monoisotopic (exact) mass is 369 g/mol. The quantitative estimate of drug-likeness (QED) is 0.587. The molecule has 0 unspecified atom stereocenters. The van der Waals surface area contributed by atoms with E-state index in [1.54, 1.807) is 41.0 Å². The van der Waals surface area contributed by atoms with Gasteiger partial charge in [-0.15, -0.1) is 11.8 Å². The zero-order valence-electron chi connectivity index (χ0n) is 14.5. The van der Waals surface area contributed by atoms with Gasteiger partial charge in [0.25, 0.3) is 0 Å². The molecule has 134 valence electrons. The minimum absolute atomic E-state index is 0.0290. The summed E-state index contributed by atoms with van der Waals surface area (Å²) in [5, 5.41) is 4.34. The first-order chi connectivity index (χ1) is 12.6. The van der Waals surface area contributed by atoms with Crippen molar-refractivity contribution in [3.05, 3.63) is 78.4 Å². The van der Waals surface area contributed by atoms with Gasteiger partial charge in [-0.25, -0.2) is 9.07 Å². The van der Waals surface area contributed by atoms with Crippen molar-refractivity contribution in [2.45, 2.75) is 17.9 Å². The molecule has 3 aromatic rings. The summed E-state index contributed by atoms with van der Waals surface area (Å²) in [5.41, 5.74) is 1.94. The smallest absolute Gasteiger partial charge is 0.223 e. The Morgan fingerprint density at radius 1 is 1.15 bits per heavy atom. The topological polar surface area (TPSA) is 38.1 Å². The molecule has 4 nitrogen and oxygen atoms in total. The van der Waals surface area contributed by atoms with Gasteiger partial charge in [-0.2, -0.15) is 5.10 Å². The molecule has 0 radical (unpaired) electrons. The second kappa shape index (κ2) is 8.67. The Labute approximate surface area is 156 Å². The Balaban J connectivity index is 1.50. The zero-order valence-corrected chi connectivity index (χ0v) is 15.3. The number of amides is 1. The molecular formula is C20H20FN3OS. The average molecular weight is 369 g/mol. The standard InChI is InChI=1S/C20H20FN3OS/c1-23(20(25)11-12-26-19-10-6-5-9-18(19)21)14-16-13-22-24(15-16)17-7-3-2-4-8-17/h2-10,13,15H,11-12,14H2,1H3. The maximum Gasteiger partial charge on any atom is 0.223 e. The molecule has 0 aliphatic rings. The molecule has 0 saturated carbocycles. The van der Waals surface area contributed by atoms with E-state index in [1.165, 1.54) is 17.8 Å². The Hall–Kier alpha value is -2.60. The first kappa shape index (κ1) is 18.2. The van der Waals surface area contributed by atoms with Gasteiger partial charge < -0.3 is 4.90 Å². The molecule has 2 aromatic carbocycles. The summed E-state index contributed by atoms with van der Waals surface area (Å²) in [6.45, 7) is 0.496. The highest BCUT2D eigenvalue weighted by atomic mass is 32.2. The number of carbonyl (C=O) groups is 1. The molecule has 0 saturated heterocycles. The van der Waals surface area contributed by atoms with Crippen LogP contribution in [0.1, 0.15) is 12.0 Å². The molecule has 0 atom stereocenters. The largest absolute Gasteiger partial charge is 0.341 e. The van der Waals surface area contributed by atoms with E-state index < -0.39 is 0 Å². The SMILES string of the molecule is CN(Cc1cnn(-c2ccccc2)c1)C(=O)CCSc1ccccc1F. The number of para-hydroxylation sites is 1. The van der Waals surface area contributed by atoms with E-state index in [0.717, 1.165) is 11.3 Å². The van der Waals surface area contributed by atoms with Crippen molar-refractivity contribution < 1.29 is 9.18 Å². The molecule has 0 N–H and O–H groups in total. The summed E-state index contributed by atoms with van der Waals surface area (Å²) in [4.78, 5) is 14.5. The molecule has 3 rings (SSSR count). The van der Waals surface area contributed by atoms with Gasteiger partial charge in [0.1, 0.15) is 5.82 Å². The maximum absolute atomic E-state index is 13.6. The van der Waals surface area contributed by atoms with E-state index in [2.05, 4.69) is 5.10 Å². The van der Waals surface area contributed by atoms with Crippen LogP contribution in [0.4, 0.5) is 4.39 Å². The molecule has 1 amide bonds. The molecule has 1 heterocycles. The van der Waals surface area contributed by atoms with Crippen molar-refractivity contribution in [1.29, 1.82) is 0 Å². The molecule has 0 aliphatic heterocycles. The van der Waals surface area contributed by atoms with Gasteiger partial charge in [0.05, 0.1) is 11.9 Å². The summed E-state index contributed by atoms with van der Waals surface area (Å²) in [6.07, 6.45) is 4.06. The molecule has 0 aliphatic carbocycles. The van der Waals surface area contributed by atoms with Gasteiger partial charge in [-0.05, 0) is 24.3 Å². The Morgan fingerprint density at radius 3 is 2.65 bits per heavy atom. The minimum Gasteiger partial charge on any atom is -0.341 e. The van der Waals surface area contributed by atoms with E-state index in [0.29, 0.717) is 23.6 Å². The van der Waals surface area contributed by atoms with Crippen LogP contribution in [0.5, 0.6) is 0 Å². The summed E-state index contributed by atoms with van der Waals surface area (Å²) < 4.78 is 15.4. The summed E-state index contributed by atoms with van der Waals surface area (Å²) >= 11 is 1.36. The molecule has 0 bridgehead atoms. The predicted octanol–water partition coefficient (Wildman–Crippen LogP) is 4.15. The fraction of sp³-hybridized carbons (Fsp3) is 0.200. The van der Waals surface area contributed by atoms with E-state index in [-0.39, 0.29) is 11.7 Å². The van der Waals surface area contributed by atoms with Crippen LogP contribution in [0, 0.1) is 5.82 Å². The highest BCUT2D eigenvalue weighted by molar-refractivity contribution is 7.99. The molecule has 0 spiro atoms. The van der Waals surface area contributed by atoms with E-state index >= 15 is 0 Å². The van der Waals surface area contributed by atoms with Crippen molar-refractivity contribution >= 4 is 17.7 Å². The lowest BCUT2D eigenvalue weighted by Crippen LogP contribution is -2.26. The number of benzene rings is 2. The zero-order chi connectivity index (χ0) is 18.4. The third kappa shape index (κ3) is 4.73. The minimum atomic E-state index is -0.244. The van der Waals surface area contributed by atoms with Crippen molar-refractivity contribution in [2.24, 2.45) is 0 Å². The van der Waals surface area contributed by atoms with Crippen LogP contribution in [0.15, 0.2) is 71.9 Å². The normalized spacial score (nSPS) is 10.7. The van der Waals surface area contributed by atoms with Crippen LogP contribution in [0.3, 0.4) is 0 Å². The Morgan fingerprint density at radius 2 is 1.88 bits per heavy atom. The van der Waals surface area contributed by atoms with Gasteiger partial charge in [-0.1, -0.05) is 30.3 Å². The fourth-order valence-electron chi connectivity index (χ4n) is 2.53. The first-order valence-electron chi connectivity index (χ1n) is 8.34. The Kier molecular flexibility index (Phi) is 6.07. The fourth-order valence-corrected chi connectivity index (χ4v) is 3.40. The van der Waals surface area contributed by atoms with Gasteiger partial charge >= 0.3 is 0 Å². The number of halogens is 1. The Bertz CT molecular complexity index is 866. The van der Waals surface area contributed by atoms with Crippen molar-refractivity contribution in [1.82, 2.24) is 14.7 Å². The highest BCUT2D eigenvalue weighted by Crippen LogP contribution is 2.22. The number of hydrogen-bond acceptors (Lipinski definition) is 3. The highest BCUT2D eigenvalue weighted by Gasteiger charge is 2.11. The van der Waals surface area contributed by atoms with Crippen LogP contribution < -0.4 is 0 Å².